The number of nitrogens with zero attached hydrogens (tertiary/aromatic N) is 3. The molecule has 3 N–H and O–H groups in total. The van der Waals surface area contributed by atoms with Crippen LogP contribution in [0.3, 0.4) is 0 Å². The highest BCUT2D eigenvalue weighted by Crippen LogP contribution is 2.39. The maximum Gasteiger partial charge on any atom is 0.357 e. The Morgan fingerprint density at radius 2 is 2.14 bits per heavy atom. The summed E-state index contributed by atoms with van der Waals surface area (Å²) in [4.78, 5) is 10.6. The zero-order valence-corrected chi connectivity index (χ0v) is 11.6. The summed E-state index contributed by atoms with van der Waals surface area (Å²) in [5, 5.41) is 22.1. The smallest absolute Gasteiger partial charge is 0.357 e. The van der Waals surface area contributed by atoms with Crippen LogP contribution in [0.5, 0.6) is 0 Å². The van der Waals surface area contributed by atoms with Crippen LogP contribution in [-0.4, -0.2) is 39.9 Å². The molecule has 11 heteroatoms. The van der Waals surface area contributed by atoms with Crippen LogP contribution in [0.4, 0.5) is 6.01 Å². The van der Waals surface area contributed by atoms with Gasteiger partial charge in [0.25, 0.3) is 10.0 Å². The minimum atomic E-state index is -4.19. The molecule has 0 aliphatic heterocycles. The summed E-state index contributed by atoms with van der Waals surface area (Å²) in [6.45, 7) is 1.40. The Hall–Kier alpha value is -2.43. The van der Waals surface area contributed by atoms with Crippen LogP contribution < -0.4 is 4.72 Å². The number of carboxylic acids is 1. The second kappa shape index (κ2) is 4.55. The van der Waals surface area contributed by atoms with E-state index in [1.165, 1.54) is 6.92 Å². The lowest BCUT2D eigenvalue weighted by Gasteiger charge is -2.03. The first-order valence-electron chi connectivity index (χ1n) is 6.03. The van der Waals surface area contributed by atoms with Crippen LogP contribution in [-0.2, 0) is 10.0 Å². The highest BCUT2D eigenvalue weighted by atomic mass is 32.2. The van der Waals surface area contributed by atoms with E-state index in [1.807, 2.05) is 0 Å². The van der Waals surface area contributed by atoms with Crippen LogP contribution in [0.1, 0.15) is 40.8 Å². The van der Waals surface area contributed by atoms with E-state index in [0.717, 1.165) is 12.8 Å². The van der Waals surface area contributed by atoms with Crippen LogP contribution in [0.2, 0.25) is 0 Å². The lowest BCUT2D eigenvalue weighted by Crippen LogP contribution is -2.17. The van der Waals surface area contributed by atoms with Crippen molar-refractivity contribution in [3.63, 3.8) is 0 Å². The van der Waals surface area contributed by atoms with Gasteiger partial charge in [0.15, 0.2) is 5.69 Å². The molecule has 2 aromatic rings. The molecule has 0 atom stereocenters. The van der Waals surface area contributed by atoms with Gasteiger partial charge in [-0.2, -0.15) is 5.10 Å². The Balaban J connectivity index is 1.92. The number of aromatic carboxylic acids is 1. The summed E-state index contributed by atoms with van der Waals surface area (Å²) in [6, 6.07) is -0.297. The summed E-state index contributed by atoms with van der Waals surface area (Å²) < 4.78 is 31.7. The van der Waals surface area contributed by atoms with Crippen molar-refractivity contribution < 1.29 is 22.7 Å². The summed E-state index contributed by atoms with van der Waals surface area (Å²) in [5.74, 6) is -0.903. The third kappa shape index (κ3) is 2.46. The van der Waals surface area contributed by atoms with Crippen LogP contribution in [0.15, 0.2) is 9.31 Å². The number of aromatic nitrogens is 4. The highest BCUT2D eigenvalue weighted by molar-refractivity contribution is 7.92. The molecule has 2 heterocycles. The molecule has 1 saturated carbocycles. The number of carbonyl (C=O) groups is 1. The molecule has 0 unspecified atom stereocenters. The number of aromatic amines is 1. The number of rotatable bonds is 5. The second-order valence-corrected chi connectivity index (χ2v) is 6.28. The van der Waals surface area contributed by atoms with Crippen LogP contribution >= 0.6 is 0 Å². The zero-order valence-electron chi connectivity index (χ0n) is 10.8. The van der Waals surface area contributed by atoms with Gasteiger partial charge in [0.05, 0.1) is 5.69 Å². The number of anilines is 1. The number of carboxylic acid groups (broad SMARTS) is 1. The molecule has 10 nitrogen and oxygen atoms in total. The molecule has 0 aromatic carbocycles. The van der Waals surface area contributed by atoms with Gasteiger partial charge >= 0.3 is 12.0 Å². The van der Waals surface area contributed by atoms with Gasteiger partial charge in [0.1, 0.15) is 4.90 Å². The molecular weight excluding hydrogens is 302 g/mol. The number of nitrogens with one attached hydrogen (secondary N) is 2. The van der Waals surface area contributed by atoms with Crippen molar-refractivity contribution in [2.75, 3.05) is 4.72 Å². The Morgan fingerprint density at radius 3 is 2.76 bits per heavy atom. The van der Waals surface area contributed by atoms with Gasteiger partial charge in [-0.3, -0.25) is 5.10 Å². The fourth-order valence-corrected chi connectivity index (χ4v) is 3.08. The molecule has 3 rings (SSSR count). The molecule has 0 amide bonds. The zero-order chi connectivity index (χ0) is 15.2. The molecule has 0 radical (unpaired) electrons. The van der Waals surface area contributed by atoms with Gasteiger partial charge in [-0.05, 0) is 19.8 Å². The molecule has 0 saturated heterocycles. The largest absolute Gasteiger partial charge is 0.476 e. The van der Waals surface area contributed by atoms with E-state index in [-0.39, 0.29) is 17.6 Å². The van der Waals surface area contributed by atoms with Gasteiger partial charge in [0, 0.05) is 5.92 Å². The summed E-state index contributed by atoms with van der Waals surface area (Å²) >= 11 is 0. The Kier molecular flexibility index (Phi) is 2.93. The third-order valence-electron chi connectivity index (χ3n) is 2.95. The van der Waals surface area contributed by atoms with Crippen molar-refractivity contribution in [3.8, 4) is 0 Å². The maximum absolute atomic E-state index is 12.2. The molecule has 1 aliphatic carbocycles. The fraction of sp³-hybridized carbons (Fsp3) is 0.400. The van der Waals surface area contributed by atoms with Gasteiger partial charge in [0.2, 0.25) is 5.89 Å². The predicted octanol–water partition coefficient (Wildman–Crippen LogP) is 0.478. The molecule has 21 heavy (non-hydrogen) atoms. The number of hydrogen-bond acceptors (Lipinski definition) is 7. The Morgan fingerprint density at radius 1 is 1.43 bits per heavy atom. The number of aryl methyl sites for hydroxylation is 1. The van der Waals surface area contributed by atoms with Crippen molar-refractivity contribution in [3.05, 3.63) is 17.3 Å². The quantitative estimate of drug-likeness (QED) is 0.720. The molecule has 0 bridgehead atoms. The minimum absolute atomic E-state index is 0.0989. The number of sulfonamides is 1. The van der Waals surface area contributed by atoms with E-state index >= 15 is 0 Å². The maximum atomic E-state index is 12.2. The van der Waals surface area contributed by atoms with Crippen molar-refractivity contribution in [1.82, 2.24) is 20.4 Å². The Bertz CT molecular complexity index is 804. The monoisotopic (exact) mass is 313 g/mol. The minimum Gasteiger partial charge on any atom is -0.476 e. The average Bonchev–Trinajstić information content (AvgIpc) is 3.01. The van der Waals surface area contributed by atoms with E-state index in [1.54, 1.807) is 0 Å². The van der Waals surface area contributed by atoms with Crippen LogP contribution in [0.25, 0.3) is 0 Å². The fourth-order valence-electron chi connectivity index (χ4n) is 1.83. The normalized spacial score (nSPS) is 15.1. The predicted molar refractivity (Wildman–Crippen MR) is 67.4 cm³/mol. The number of H-pyrrole nitrogens is 1. The first-order valence-corrected chi connectivity index (χ1v) is 7.51. The summed E-state index contributed by atoms with van der Waals surface area (Å²) in [7, 11) is -4.19. The van der Waals surface area contributed by atoms with Crippen molar-refractivity contribution in [2.24, 2.45) is 0 Å². The van der Waals surface area contributed by atoms with E-state index in [9.17, 15) is 13.2 Å². The second-order valence-electron chi connectivity index (χ2n) is 4.66. The van der Waals surface area contributed by atoms with Crippen molar-refractivity contribution in [1.29, 1.82) is 0 Å². The van der Waals surface area contributed by atoms with Gasteiger partial charge in [-0.1, -0.05) is 5.10 Å². The van der Waals surface area contributed by atoms with Crippen molar-refractivity contribution in [2.45, 2.75) is 30.6 Å². The molecule has 0 spiro atoms. The van der Waals surface area contributed by atoms with Gasteiger partial charge < -0.3 is 9.52 Å². The van der Waals surface area contributed by atoms with Gasteiger partial charge in [-0.15, -0.1) is 5.10 Å². The lowest BCUT2D eigenvalue weighted by molar-refractivity contribution is 0.0686. The first kappa shape index (κ1) is 13.5. The third-order valence-corrected chi connectivity index (χ3v) is 4.43. The SMILES string of the molecule is Cc1[nH]nc(C(=O)O)c1S(=O)(=O)Nc1nnc(C2CC2)o1. The molecule has 112 valence electrons. The van der Waals surface area contributed by atoms with Gasteiger partial charge in [-0.25, -0.2) is 17.9 Å². The van der Waals surface area contributed by atoms with Crippen LogP contribution in [0, 0.1) is 6.92 Å². The molecule has 1 fully saturated rings. The van der Waals surface area contributed by atoms with Crippen molar-refractivity contribution >= 4 is 22.0 Å². The average molecular weight is 313 g/mol. The lowest BCUT2D eigenvalue weighted by atomic mass is 10.4. The molecular formula is C10H11N5O5S. The highest BCUT2D eigenvalue weighted by Gasteiger charge is 2.32. The Labute approximate surface area is 118 Å². The standard InChI is InChI=1S/C10H11N5O5S/c1-4-7(6(9(16)17)12-11-4)21(18,19)15-10-14-13-8(20-10)5-2-3-5/h5H,2-3H2,1H3,(H,11,12)(H,14,15)(H,16,17). The van der Waals surface area contributed by atoms with E-state index in [4.69, 9.17) is 9.52 Å². The summed E-state index contributed by atoms with van der Waals surface area (Å²) in [5.41, 5.74) is -0.497. The van der Waals surface area contributed by atoms with E-state index in [0.29, 0.717) is 5.89 Å². The number of hydrogen-bond donors (Lipinski definition) is 3. The molecule has 1 aliphatic rings. The first-order chi connectivity index (χ1) is 9.88. The molecule has 2 aromatic heterocycles. The van der Waals surface area contributed by atoms with E-state index in [2.05, 4.69) is 25.1 Å². The summed E-state index contributed by atoms with van der Waals surface area (Å²) in [6.07, 6.45) is 1.86. The van der Waals surface area contributed by atoms with E-state index < -0.39 is 26.6 Å². The topological polar surface area (TPSA) is 151 Å².